The van der Waals surface area contributed by atoms with E-state index in [1.54, 1.807) is 0 Å². The largest absolute Gasteiger partial charge is 0.491 e. The van der Waals surface area contributed by atoms with Gasteiger partial charge in [-0.15, -0.1) is 0 Å². The zero-order valence-electron chi connectivity index (χ0n) is 11.1. The maximum absolute atomic E-state index is 12.4. The third-order valence-electron chi connectivity index (χ3n) is 3.67. The molecule has 0 aromatic heterocycles. The second-order valence-corrected chi connectivity index (χ2v) is 5.36. The topological polar surface area (TPSA) is 52.3 Å². The molecule has 1 aliphatic carbocycles. The van der Waals surface area contributed by atoms with Crippen LogP contribution in [0, 0.1) is 5.41 Å². The standard InChI is InChI=1S/C15H21NO2/c1-11(2)18-13-6-4-12(5-7-13)14(17)15(10-16)8-3-9-15/h4-7,11H,3,8-10,16H2,1-2H3. The van der Waals surface area contributed by atoms with Crippen molar-refractivity contribution in [3.05, 3.63) is 29.8 Å². The molecule has 1 aliphatic rings. The van der Waals surface area contributed by atoms with Crippen molar-refractivity contribution in [3.8, 4) is 5.75 Å². The summed E-state index contributed by atoms with van der Waals surface area (Å²) in [6.07, 6.45) is 3.10. The molecule has 0 amide bonds. The average molecular weight is 247 g/mol. The Morgan fingerprint density at radius 3 is 2.33 bits per heavy atom. The van der Waals surface area contributed by atoms with Gasteiger partial charge in [-0.2, -0.15) is 0 Å². The molecule has 1 saturated carbocycles. The molecule has 2 rings (SSSR count). The molecule has 1 fully saturated rings. The molecular formula is C15H21NO2. The van der Waals surface area contributed by atoms with E-state index in [1.165, 1.54) is 0 Å². The summed E-state index contributed by atoms with van der Waals surface area (Å²) in [4.78, 5) is 12.4. The van der Waals surface area contributed by atoms with Gasteiger partial charge in [0.15, 0.2) is 5.78 Å². The number of nitrogens with two attached hydrogens (primary N) is 1. The summed E-state index contributed by atoms with van der Waals surface area (Å²) in [6.45, 7) is 4.42. The molecule has 0 saturated heterocycles. The lowest BCUT2D eigenvalue weighted by molar-refractivity contribution is 0.0636. The van der Waals surface area contributed by atoms with Crippen LogP contribution >= 0.6 is 0 Å². The fraction of sp³-hybridized carbons (Fsp3) is 0.533. The highest BCUT2D eigenvalue weighted by atomic mass is 16.5. The van der Waals surface area contributed by atoms with Crippen molar-refractivity contribution in [2.24, 2.45) is 11.1 Å². The second kappa shape index (κ2) is 5.11. The Morgan fingerprint density at radius 2 is 1.94 bits per heavy atom. The van der Waals surface area contributed by atoms with Crippen molar-refractivity contribution < 1.29 is 9.53 Å². The number of benzene rings is 1. The molecule has 0 radical (unpaired) electrons. The van der Waals surface area contributed by atoms with Gasteiger partial charge >= 0.3 is 0 Å². The molecule has 18 heavy (non-hydrogen) atoms. The van der Waals surface area contributed by atoms with E-state index in [0.29, 0.717) is 6.54 Å². The van der Waals surface area contributed by atoms with Gasteiger partial charge in [0.2, 0.25) is 0 Å². The van der Waals surface area contributed by atoms with Gasteiger partial charge in [-0.05, 0) is 51.0 Å². The van der Waals surface area contributed by atoms with Crippen LogP contribution in [0.2, 0.25) is 0 Å². The highest BCUT2D eigenvalue weighted by molar-refractivity contribution is 6.01. The molecule has 0 bridgehead atoms. The summed E-state index contributed by atoms with van der Waals surface area (Å²) in [5, 5.41) is 0. The minimum absolute atomic E-state index is 0.147. The lowest BCUT2D eigenvalue weighted by Crippen LogP contribution is -2.44. The van der Waals surface area contributed by atoms with Crippen molar-refractivity contribution in [1.82, 2.24) is 0 Å². The first-order chi connectivity index (χ1) is 8.57. The molecule has 0 atom stereocenters. The van der Waals surface area contributed by atoms with Gasteiger partial charge in [-0.3, -0.25) is 4.79 Å². The molecular weight excluding hydrogens is 226 g/mol. The van der Waals surface area contributed by atoms with E-state index in [0.717, 1.165) is 30.6 Å². The van der Waals surface area contributed by atoms with Gasteiger partial charge in [0.25, 0.3) is 0 Å². The summed E-state index contributed by atoms with van der Waals surface area (Å²) in [5.74, 6) is 0.990. The van der Waals surface area contributed by atoms with E-state index in [4.69, 9.17) is 10.5 Å². The molecule has 0 unspecified atom stereocenters. The molecule has 3 nitrogen and oxygen atoms in total. The maximum atomic E-state index is 12.4. The number of ketones is 1. The maximum Gasteiger partial charge on any atom is 0.170 e. The average Bonchev–Trinajstić information content (AvgIpc) is 2.28. The van der Waals surface area contributed by atoms with E-state index in [-0.39, 0.29) is 17.3 Å². The summed E-state index contributed by atoms with van der Waals surface area (Å²) in [7, 11) is 0. The molecule has 0 aliphatic heterocycles. The minimum atomic E-state index is -0.291. The van der Waals surface area contributed by atoms with E-state index >= 15 is 0 Å². The molecule has 98 valence electrons. The zero-order valence-corrected chi connectivity index (χ0v) is 11.1. The van der Waals surface area contributed by atoms with Gasteiger partial charge in [0.1, 0.15) is 5.75 Å². The van der Waals surface area contributed by atoms with Crippen LogP contribution in [0.25, 0.3) is 0 Å². The number of hydrogen-bond donors (Lipinski definition) is 1. The summed E-state index contributed by atoms with van der Waals surface area (Å²) in [6, 6.07) is 7.40. The van der Waals surface area contributed by atoms with Crippen molar-refractivity contribution in [2.75, 3.05) is 6.54 Å². The van der Waals surface area contributed by atoms with Crippen LogP contribution in [-0.4, -0.2) is 18.4 Å². The van der Waals surface area contributed by atoms with E-state index in [1.807, 2.05) is 38.1 Å². The summed E-state index contributed by atoms with van der Waals surface area (Å²) in [5.41, 5.74) is 6.21. The van der Waals surface area contributed by atoms with Gasteiger partial charge in [-0.25, -0.2) is 0 Å². The molecule has 0 spiro atoms. The lowest BCUT2D eigenvalue weighted by Gasteiger charge is -2.39. The van der Waals surface area contributed by atoms with Crippen LogP contribution in [-0.2, 0) is 0 Å². The Bertz CT molecular complexity index is 413. The van der Waals surface area contributed by atoms with Gasteiger partial charge in [0, 0.05) is 17.5 Å². The van der Waals surface area contributed by atoms with Crippen LogP contribution in [0.3, 0.4) is 0 Å². The third-order valence-corrected chi connectivity index (χ3v) is 3.67. The fourth-order valence-corrected chi connectivity index (χ4v) is 2.39. The summed E-state index contributed by atoms with van der Waals surface area (Å²) >= 11 is 0. The van der Waals surface area contributed by atoms with Crippen molar-refractivity contribution in [3.63, 3.8) is 0 Å². The second-order valence-electron chi connectivity index (χ2n) is 5.36. The van der Waals surface area contributed by atoms with Crippen molar-refractivity contribution in [2.45, 2.75) is 39.2 Å². The van der Waals surface area contributed by atoms with Gasteiger partial charge < -0.3 is 10.5 Å². The van der Waals surface area contributed by atoms with Crippen LogP contribution in [0.1, 0.15) is 43.5 Å². The Morgan fingerprint density at radius 1 is 1.33 bits per heavy atom. The molecule has 2 N–H and O–H groups in total. The first-order valence-corrected chi connectivity index (χ1v) is 6.59. The van der Waals surface area contributed by atoms with E-state index < -0.39 is 0 Å². The first kappa shape index (κ1) is 13.1. The monoisotopic (exact) mass is 247 g/mol. The number of ether oxygens (including phenoxy) is 1. The zero-order chi connectivity index (χ0) is 13.2. The number of carbonyl (C=O) groups is 1. The minimum Gasteiger partial charge on any atom is -0.491 e. The molecule has 3 heteroatoms. The predicted molar refractivity (Wildman–Crippen MR) is 71.9 cm³/mol. The first-order valence-electron chi connectivity index (χ1n) is 6.59. The normalized spacial score (nSPS) is 17.3. The number of rotatable bonds is 5. The molecule has 1 aromatic rings. The van der Waals surface area contributed by atoms with Crippen LogP contribution in [0.15, 0.2) is 24.3 Å². The fourth-order valence-electron chi connectivity index (χ4n) is 2.39. The number of hydrogen-bond acceptors (Lipinski definition) is 3. The lowest BCUT2D eigenvalue weighted by atomic mass is 9.64. The van der Waals surface area contributed by atoms with Crippen molar-refractivity contribution >= 4 is 5.78 Å². The third kappa shape index (κ3) is 2.41. The number of Topliss-reactive ketones (excluding diaryl/α,β-unsaturated/α-hetero) is 1. The van der Waals surface area contributed by atoms with Gasteiger partial charge in [0.05, 0.1) is 6.10 Å². The SMILES string of the molecule is CC(C)Oc1ccc(C(=O)C2(CN)CCC2)cc1. The summed E-state index contributed by atoms with van der Waals surface area (Å²) < 4.78 is 5.57. The smallest absolute Gasteiger partial charge is 0.170 e. The van der Waals surface area contributed by atoms with E-state index in [9.17, 15) is 4.79 Å². The van der Waals surface area contributed by atoms with Crippen LogP contribution in [0.5, 0.6) is 5.75 Å². The van der Waals surface area contributed by atoms with Gasteiger partial charge in [-0.1, -0.05) is 6.42 Å². The quantitative estimate of drug-likeness (QED) is 0.814. The predicted octanol–water partition coefficient (Wildman–Crippen LogP) is 2.79. The van der Waals surface area contributed by atoms with Crippen LogP contribution < -0.4 is 10.5 Å². The van der Waals surface area contributed by atoms with Crippen molar-refractivity contribution in [1.29, 1.82) is 0 Å². The Kier molecular flexibility index (Phi) is 3.71. The highest BCUT2D eigenvalue weighted by Crippen LogP contribution is 2.42. The Hall–Kier alpha value is -1.35. The molecule has 0 heterocycles. The molecule has 1 aromatic carbocycles. The highest BCUT2D eigenvalue weighted by Gasteiger charge is 2.42. The van der Waals surface area contributed by atoms with Crippen LogP contribution in [0.4, 0.5) is 0 Å². The van der Waals surface area contributed by atoms with E-state index in [2.05, 4.69) is 0 Å². The Balaban J connectivity index is 2.12. The Labute approximate surface area is 108 Å². The number of carbonyl (C=O) groups excluding carboxylic acids is 1.